The number of nitrogens with two attached hydrogens (primary N) is 1. The van der Waals surface area contributed by atoms with Gasteiger partial charge in [0.2, 0.25) is 0 Å². The minimum Gasteiger partial charge on any atom is -0.383 e. The van der Waals surface area contributed by atoms with Gasteiger partial charge in [-0.2, -0.15) is 0 Å². The van der Waals surface area contributed by atoms with E-state index >= 15 is 0 Å². The summed E-state index contributed by atoms with van der Waals surface area (Å²) in [5.74, 6) is 3.30. The van der Waals surface area contributed by atoms with Crippen molar-refractivity contribution in [2.75, 3.05) is 31.9 Å². The van der Waals surface area contributed by atoms with Crippen molar-refractivity contribution >= 4 is 5.82 Å². The maximum absolute atomic E-state index is 6.03. The van der Waals surface area contributed by atoms with Crippen LogP contribution in [0.2, 0.25) is 0 Å². The molecule has 2 N–H and O–H groups in total. The molecule has 2 aromatic heterocycles. The number of anilines is 1. The average Bonchev–Trinajstić information content (AvgIpc) is 3.05. The summed E-state index contributed by atoms with van der Waals surface area (Å²) in [5, 5.41) is 9.12. The molecule has 4 heterocycles. The highest BCUT2D eigenvalue weighted by Crippen LogP contribution is 2.27. The van der Waals surface area contributed by atoms with E-state index in [1.807, 2.05) is 6.07 Å². The van der Waals surface area contributed by atoms with Crippen LogP contribution in [-0.4, -0.2) is 55.7 Å². The molecule has 2 fully saturated rings. The van der Waals surface area contributed by atoms with Crippen molar-refractivity contribution in [1.82, 2.24) is 29.5 Å². The van der Waals surface area contributed by atoms with Gasteiger partial charge in [-0.15, -0.1) is 10.2 Å². The SMILES string of the molecule is Cn1c(CN2CCCCC2)nnc1C1CCCN(Cc2cccnc2N)C1. The highest BCUT2D eigenvalue weighted by molar-refractivity contribution is 5.38. The standard InChI is InChI=1S/C20H31N7/c1-25-18(15-26-10-3-2-4-11-26)23-24-20(25)17-8-6-12-27(14-17)13-16-7-5-9-22-19(16)21/h5,7,9,17H,2-4,6,8,10-15H2,1H3,(H2,21,22). The van der Waals surface area contributed by atoms with Gasteiger partial charge in [0.15, 0.2) is 0 Å². The van der Waals surface area contributed by atoms with Crippen LogP contribution in [0.5, 0.6) is 0 Å². The fraction of sp³-hybridized carbons (Fsp3) is 0.650. The van der Waals surface area contributed by atoms with Crippen molar-refractivity contribution in [1.29, 1.82) is 0 Å². The van der Waals surface area contributed by atoms with E-state index < -0.39 is 0 Å². The van der Waals surface area contributed by atoms with E-state index in [1.165, 1.54) is 45.2 Å². The van der Waals surface area contributed by atoms with Crippen LogP contribution in [0.3, 0.4) is 0 Å². The number of nitrogen functional groups attached to an aromatic ring is 1. The van der Waals surface area contributed by atoms with E-state index in [1.54, 1.807) is 6.20 Å². The normalized spacial score (nSPS) is 22.2. The molecule has 2 aromatic rings. The Morgan fingerprint density at radius 1 is 1.04 bits per heavy atom. The summed E-state index contributed by atoms with van der Waals surface area (Å²) in [6, 6.07) is 4.04. The largest absolute Gasteiger partial charge is 0.383 e. The number of pyridine rings is 1. The van der Waals surface area contributed by atoms with Crippen molar-refractivity contribution in [3.8, 4) is 0 Å². The van der Waals surface area contributed by atoms with Gasteiger partial charge in [0.05, 0.1) is 6.54 Å². The minimum atomic E-state index is 0.434. The third kappa shape index (κ3) is 4.30. The lowest BCUT2D eigenvalue weighted by molar-refractivity contribution is 0.194. The van der Waals surface area contributed by atoms with Crippen molar-refractivity contribution in [3.63, 3.8) is 0 Å². The Kier molecular flexibility index (Phi) is 5.69. The van der Waals surface area contributed by atoms with Gasteiger partial charge in [0.1, 0.15) is 17.5 Å². The molecule has 146 valence electrons. The fourth-order valence-electron chi connectivity index (χ4n) is 4.42. The number of hydrogen-bond acceptors (Lipinski definition) is 6. The number of aromatic nitrogens is 4. The topological polar surface area (TPSA) is 76.1 Å². The number of nitrogens with zero attached hydrogens (tertiary/aromatic N) is 6. The van der Waals surface area contributed by atoms with Crippen LogP contribution in [-0.2, 0) is 20.1 Å². The van der Waals surface area contributed by atoms with Crippen LogP contribution in [0.1, 0.15) is 55.2 Å². The van der Waals surface area contributed by atoms with Crippen LogP contribution >= 0.6 is 0 Å². The predicted molar refractivity (Wildman–Crippen MR) is 106 cm³/mol. The Hall–Kier alpha value is -1.99. The van der Waals surface area contributed by atoms with Gasteiger partial charge in [-0.05, 0) is 51.4 Å². The van der Waals surface area contributed by atoms with Gasteiger partial charge in [-0.1, -0.05) is 12.5 Å². The monoisotopic (exact) mass is 369 g/mol. The van der Waals surface area contributed by atoms with Crippen LogP contribution in [0.4, 0.5) is 5.82 Å². The maximum Gasteiger partial charge on any atom is 0.146 e. The minimum absolute atomic E-state index is 0.434. The zero-order valence-electron chi connectivity index (χ0n) is 16.3. The molecular weight excluding hydrogens is 338 g/mol. The molecule has 0 radical (unpaired) electrons. The first-order valence-corrected chi connectivity index (χ1v) is 10.2. The molecule has 0 amide bonds. The van der Waals surface area contributed by atoms with Crippen molar-refractivity contribution in [3.05, 3.63) is 35.5 Å². The number of hydrogen-bond donors (Lipinski definition) is 1. The Morgan fingerprint density at radius 2 is 1.85 bits per heavy atom. The van der Waals surface area contributed by atoms with Gasteiger partial charge in [-0.3, -0.25) is 9.80 Å². The van der Waals surface area contributed by atoms with Crippen molar-refractivity contribution in [2.24, 2.45) is 7.05 Å². The lowest BCUT2D eigenvalue weighted by Crippen LogP contribution is -2.35. The molecule has 7 nitrogen and oxygen atoms in total. The molecule has 0 bridgehead atoms. The zero-order valence-corrected chi connectivity index (χ0v) is 16.3. The molecule has 4 rings (SSSR count). The highest BCUT2D eigenvalue weighted by atomic mass is 15.3. The van der Waals surface area contributed by atoms with E-state index in [-0.39, 0.29) is 0 Å². The van der Waals surface area contributed by atoms with Crippen LogP contribution in [0, 0.1) is 0 Å². The summed E-state index contributed by atoms with van der Waals surface area (Å²) in [7, 11) is 2.13. The van der Waals surface area contributed by atoms with Gasteiger partial charge in [-0.25, -0.2) is 4.98 Å². The second-order valence-corrected chi connectivity index (χ2v) is 7.99. The highest BCUT2D eigenvalue weighted by Gasteiger charge is 2.26. The van der Waals surface area contributed by atoms with E-state index in [0.29, 0.717) is 11.7 Å². The van der Waals surface area contributed by atoms with Crippen molar-refractivity contribution in [2.45, 2.75) is 51.1 Å². The predicted octanol–water partition coefficient (Wildman–Crippen LogP) is 2.16. The van der Waals surface area contributed by atoms with Crippen molar-refractivity contribution < 1.29 is 0 Å². The molecule has 2 aliphatic rings. The summed E-state index contributed by atoms with van der Waals surface area (Å²) in [6.45, 7) is 6.26. The zero-order chi connectivity index (χ0) is 18.6. The molecule has 27 heavy (non-hydrogen) atoms. The smallest absolute Gasteiger partial charge is 0.146 e. The Morgan fingerprint density at radius 3 is 2.67 bits per heavy atom. The molecular formula is C20H31N7. The van der Waals surface area contributed by atoms with E-state index in [0.717, 1.165) is 43.4 Å². The summed E-state index contributed by atoms with van der Waals surface area (Å²) in [5.41, 5.74) is 7.14. The number of rotatable bonds is 5. The quantitative estimate of drug-likeness (QED) is 0.870. The lowest BCUT2D eigenvalue weighted by Gasteiger charge is -2.32. The second-order valence-electron chi connectivity index (χ2n) is 7.99. The van der Waals surface area contributed by atoms with Gasteiger partial charge >= 0.3 is 0 Å². The molecule has 2 aliphatic heterocycles. The summed E-state index contributed by atoms with van der Waals surface area (Å²) >= 11 is 0. The third-order valence-corrected chi connectivity index (χ3v) is 6.00. The second kappa shape index (κ2) is 8.35. The van der Waals surface area contributed by atoms with Crippen LogP contribution in [0.15, 0.2) is 18.3 Å². The van der Waals surface area contributed by atoms with Gasteiger partial charge in [0.25, 0.3) is 0 Å². The summed E-state index contributed by atoms with van der Waals surface area (Å²) in [4.78, 5) is 9.20. The maximum atomic E-state index is 6.03. The molecule has 0 saturated carbocycles. The van der Waals surface area contributed by atoms with Gasteiger partial charge < -0.3 is 10.3 Å². The molecule has 0 spiro atoms. The van der Waals surface area contributed by atoms with E-state index in [9.17, 15) is 0 Å². The molecule has 2 saturated heterocycles. The molecule has 1 unspecified atom stereocenters. The first kappa shape index (κ1) is 18.4. The number of piperidine rings is 2. The average molecular weight is 370 g/mol. The molecule has 7 heteroatoms. The van der Waals surface area contributed by atoms with E-state index in [4.69, 9.17) is 5.73 Å². The third-order valence-electron chi connectivity index (χ3n) is 6.00. The van der Waals surface area contributed by atoms with Crippen LogP contribution in [0.25, 0.3) is 0 Å². The lowest BCUT2D eigenvalue weighted by atomic mass is 9.96. The first-order valence-electron chi connectivity index (χ1n) is 10.2. The van der Waals surface area contributed by atoms with E-state index in [2.05, 4.69) is 42.7 Å². The van der Waals surface area contributed by atoms with Gasteiger partial charge in [0, 0.05) is 37.8 Å². The molecule has 0 aliphatic carbocycles. The Labute approximate surface area is 161 Å². The first-order chi connectivity index (χ1) is 13.2. The summed E-state index contributed by atoms with van der Waals surface area (Å²) in [6.07, 6.45) is 8.08. The van der Waals surface area contributed by atoms with Crippen LogP contribution < -0.4 is 5.73 Å². The Balaban J connectivity index is 1.41. The summed E-state index contributed by atoms with van der Waals surface area (Å²) < 4.78 is 2.24. The number of likely N-dealkylation sites (tertiary alicyclic amines) is 2. The molecule has 1 atom stereocenters. The molecule has 0 aromatic carbocycles. The Bertz CT molecular complexity index is 751. The fourth-order valence-corrected chi connectivity index (χ4v) is 4.42.